The van der Waals surface area contributed by atoms with Crippen molar-refractivity contribution in [2.45, 2.75) is 39.8 Å². The van der Waals surface area contributed by atoms with Crippen molar-refractivity contribution in [2.24, 2.45) is 0 Å². The van der Waals surface area contributed by atoms with Gasteiger partial charge in [-0.2, -0.15) is 5.10 Å². The topological polar surface area (TPSA) is 41.4 Å². The van der Waals surface area contributed by atoms with Gasteiger partial charge in [-0.25, -0.2) is 0 Å². The molecule has 0 bridgehead atoms. The van der Waals surface area contributed by atoms with Crippen LogP contribution in [-0.4, -0.2) is 51.7 Å². The maximum absolute atomic E-state index is 12.6. The van der Waals surface area contributed by atoms with Crippen molar-refractivity contribution in [1.82, 2.24) is 19.6 Å². The van der Waals surface area contributed by atoms with Crippen LogP contribution in [0, 0.1) is 6.92 Å². The number of amides is 1. The van der Waals surface area contributed by atoms with E-state index in [0.717, 1.165) is 44.0 Å². The van der Waals surface area contributed by atoms with E-state index in [9.17, 15) is 4.79 Å². The molecule has 134 valence electrons. The summed E-state index contributed by atoms with van der Waals surface area (Å²) in [6, 6.07) is 10.6. The Kier molecular flexibility index (Phi) is 5.53. The van der Waals surface area contributed by atoms with Gasteiger partial charge in [-0.3, -0.25) is 14.4 Å². The molecule has 1 aromatic carbocycles. The number of benzene rings is 1. The molecule has 0 spiro atoms. The number of piperazine rings is 1. The Labute approximate surface area is 150 Å². The third kappa shape index (κ3) is 4.48. The molecule has 2 aromatic rings. The quantitative estimate of drug-likeness (QED) is 0.840. The molecule has 0 saturated carbocycles. The number of carbonyl (C=O) groups excluding carboxylic acids is 1. The van der Waals surface area contributed by atoms with Gasteiger partial charge in [0.25, 0.3) is 0 Å². The van der Waals surface area contributed by atoms with Gasteiger partial charge < -0.3 is 4.90 Å². The molecule has 1 aliphatic heterocycles. The maximum Gasteiger partial charge on any atom is 0.227 e. The number of nitrogens with zero attached hydrogens (tertiary/aromatic N) is 4. The molecule has 5 nitrogen and oxygen atoms in total. The van der Waals surface area contributed by atoms with Crippen molar-refractivity contribution < 1.29 is 4.79 Å². The van der Waals surface area contributed by atoms with Crippen molar-refractivity contribution >= 4 is 5.91 Å². The Bertz CT molecular complexity index is 714. The average molecular weight is 340 g/mol. The van der Waals surface area contributed by atoms with Gasteiger partial charge in [0.1, 0.15) is 0 Å². The van der Waals surface area contributed by atoms with E-state index in [2.05, 4.69) is 49.0 Å². The highest BCUT2D eigenvalue weighted by molar-refractivity contribution is 5.79. The molecule has 0 aliphatic carbocycles. The van der Waals surface area contributed by atoms with E-state index in [4.69, 9.17) is 0 Å². The molecular formula is C20H28N4O. The summed E-state index contributed by atoms with van der Waals surface area (Å²) >= 11 is 0. The summed E-state index contributed by atoms with van der Waals surface area (Å²) in [6.07, 6.45) is 2.55. The van der Waals surface area contributed by atoms with Crippen molar-refractivity contribution in [3.8, 4) is 0 Å². The Morgan fingerprint density at radius 2 is 1.84 bits per heavy atom. The molecule has 1 aliphatic rings. The number of carbonyl (C=O) groups is 1. The molecule has 3 rings (SSSR count). The fraction of sp³-hybridized carbons (Fsp3) is 0.500. The van der Waals surface area contributed by atoms with Crippen LogP contribution in [0.25, 0.3) is 0 Å². The SMILES string of the molecule is Cc1ccccc1CC(=O)N1CCN(Cc2ccn(C(C)C)n2)CC1. The first-order valence-corrected chi connectivity index (χ1v) is 9.11. The standard InChI is InChI=1S/C20H28N4O/c1-16(2)24-9-8-19(21-24)15-22-10-12-23(13-11-22)20(25)14-18-7-5-4-6-17(18)3/h4-9,16H,10-15H2,1-3H3. The van der Waals surface area contributed by atoms with E-state index >= 15 is 0 Å². The minimum Gasteiger partial charge on any atom is -0.340 e. The lowest BCUT2D eigenvalue weighted by atomic mass is 10.1. The van der Waals surface area contributed by atoms with Gasteiger partial charge in [-0.1, -0.05) is 24.3 Å². The normalized spacial score (nSPS) is 15.8. The molecule has 5 heteroatoms. The molecule has 1 saturated heterocycles. The van der Waals surface area contributed by atoms with Crippen LogP contribution in [0.2, 0.25) is 0 Å². The minimum atomic E-state index is 0.234. The monoisotopic (exact) mass is 340 g/mol. The largest absolute Gasteiger partial charge is 0.340 e. The molecule has 1 fully saturated rings. The van der Waals surface area contributed by atoms with Crippen molar-refractivity contribution in [1.29, 1.82) is 0 Å². The number of hydrogen-bond donors (Lipinski definition) is 0. The summed E-state index contributed by atoms with van der Waals surface area (Å²) in [5.74, 6) is 0.234. The lowest BCUT2D eigenvalue weighted by Gasteiger charge is -2.34. The van der Waals surface area contributed by atoms with E-state index in [1.807, 2.05) is 27.9 Å². The highest BCUT2D eigenvalue weighted by atomic mass is 16.2. The molecule has 1 aromatic heterocycles. The number of hydrogen-bond acceptors (Lipinski definition) is 3. The van der Waals surface area contributed by atoms with Crippen molar-refractivity contribution in [2.75, 3.05) is 26.2 Å². The van der Waals surface area contributed by atoms with Crippen molar-refractivity contribution in [3.05, 3.63) is 53.3 Å². The molecule has 1 amide bonds. The summed E-state index contributed by atoms with van der Waals surface area (Å²) in [4.78, 5) is 16.9. The molecule has 0 unspecified atom stereocenters. The molecule has 2 heterocycles. The zero-order valence-corrected chi connectivity index (χ0v) is 15.5. The number of aromatic nitrogens is 2. The molecule has 25 heavy (non-hydrogen) atoms. The van der Waals surface area contributed by atoms with Gasteiger partial charge in [0, 0.05) is 45.0 Å². The third-order valence-corrected chi connectivity index (χ3v) is 4.91. The van der Waals surface area contributed by atoms with E-state index in [1.165, 1.54) is 5.56 Å². The van der Waals surface area contributed by atoms with Crippen LogP contribution in [-0.2, 0) is 17.8 Å². The van der Waals surface area contributed by atoms with Crippen LogP contribution < -0.4 is 0 Å². The van der Waals surface area contributed by atoms with Crippen LogP contribution in [0.4, 0.5) is 0 Å². The number of aryl methyl sites for hydroxylation is 1. The van der Waals surface area contributed by atoms with Gasteiger partial charge in [-0.05, 0) is 38.0 Å². The Balaban J connectivity index is 1.49. The summed E-state index contributed by atoms with van der Waals surface area (Å²) in [7, 11) is 0. The molecule has 0 N–H and O–H groups in total. The van der Waals surface area contributed by atoms with Crippen LogP contribution >= 0.6 is 0 Å². The Morgan fingerprint density at radius 1 is 1.12 bits per heavy atom. The fourth-order valence-electron chi connectivity index (χ4n) is 3.22. The molecule has 0 atom stereocenters. The lowest BCUT2D eigenvalue weighted by molar-refractivity contribution is -0.132. The summed E-state index contributed by atoms with van der Waals surface area (Å²) in [6.45, 7) is 10.6. The first-order valence-electron chi connectivity index (χ1n) is 9.11. The summed E-state index contributed by atoms with van der Waals surface area (Å²) in [5.41, 5.74) is 3.43. The second-order valence-electron chi connectivity index (χ2n) is 7.14. The van der Waals surface area contributed by atoms with Crippen molar-refractivity contribution in [3.63, 3.8) is 0 Å². The van der Waals surface area contributed by atoms with Gasteiger partial charge >= 0.3 is 0 Å². The molecule has 0 radical (unpaired) electrons. The summed E-state index contributed by atoms with van der Waals surface area (Å²) in [5, 5.41) is 4.62. The van der Waals surface area contributed by atoms with Crippen LogP contribution in [0.15, 0.2) is 36.5 Å². The smallest absolute Gasteiger partial charge is 0.227 e. The van der Waals surface area contributed by atoms with Gasteiger partial charge in [-0.15, -0.1) is 0 Å². The highest BCUT2D eigenvalue weighted by Gasteiger charge is 2.22. The first kappa shape index (κ1) is 17.7. The predicted octanol–water partition coefficient (Wildman–Crippen LogP) is 2.66. The van der Waals surface area contributed by atoms with E-state index in [-0.39, 0.29) is 5.91 Å². The van der Waals surface area contributed by atoms with E-state index < -0.39 is 0 Å². The van der Waals surface area contributed by atoms with Gasteiger partial charge in [0.15, 0.2) is 0 Å². The second kappa shape index (κ2) is 7.83. The van der Waals surface area contributed by atoms with Crippen LogP contribution in [0.5, 0.6) is 0 Å². The third-order valence-electron chi connectivity index (χ3n) is 4.91. The Hall–Kier alpha value is -2.14. The maximum atomic E-state index is 12.6. The average Bonchev–Trinajstić information content (AvgIpc) is 3.06. The zero-order chi connectivity index (χ0) is 17.8. The fourth-order valence-corrected chi connectivity index (χ4v) is 3.22. The van der Waals surface area contributed by atoms with Crippen LogP contribution in [0.3, 0.4) is 0 Å². The van der Waals surface area contributed by atoms with Gasteiger partial charge in [0.05, 0.1) is 12.1 Å². The molecular weight excluding hydrogens is 312 g/mol. The highest BCUT2D eigenvalue weighted by Crippen LogP contribution is 2.13. The second-order valence-corrected chi connectivity index (χ2v) is 7.14. The first-order chi connectivity index (χ1) is 12.0. The zero-order valence-electron chi connectivity index (χ0n) is 15.5. The van der Waals surface area contributed by atoms with E-state index in [1.54, 1.807) is 0 Å². The van der Waals surface area contributed by atoms with Crippen LogP contribution in [0.1, 0.15) is 36.7 Å². The predicted molar refractivity (Wildman–Crippen MR) is 99.4 cm³/mol. The lowest BCUT2D eigenvalue weighted by Crippen LogP contribution is -2.48. The van der Waals surface area contributed by atoms with E-state index in [0.29, 0.717) is 12.5 Å². The minimum absolute atomic E-state index is 0.234. The summed E-state index contributed by atoms with van der Waals surface area (Å²) < 4.78 is 2.00. The Morgan fingerprint density at radius 3 is 2.48 bits per heavy atom. The van der Waals surface area contributed by atoms with Gasteiger partial charge in [0.2, 0.25) is 5.91 Å². The number of rotatable bonds is 5.